The standard InChI is InChI=1S/C55H85N2O6P/c1-9-10-11-12-13-14-15-16-17-18-19-20-21-22-23-24-25-26-27-31-43-60-45-54(46-62-64(61-44-42-56-6)57(47(2)3)48(4)5)63-55(49-32-29-28-30-33-49,50-34-38-52(58-7)39-35-50)51-36-40-53(59-8)41-37-51/h16-17,28-30,32-41,47-48,54H,9-15,18-27,31,42-46H2,1-5,7-8H3/b17-16-. The molecular formula is C55H85N2O6P. The molecule has 0 spiro atoms. The molecule has 3 aromatic rings. The second kappa shape index (κ2) is 34.1. The van der Waals surface area contributed by atoms with Gasteiger partial charge in [0.2, 0.25) is 6.54 Å². The van der Waals surface area contributed by atoms with Gasteiger partial charge in [-0.25, -0.2) is 11.2 Å². The second-order valence-corrected chi connectivity index (χ2v) is 18.9. The number of hydrogen-bond donors (Lipinski definition) is 0. The van der Waals surface area contributed by atoms with Crippen LogP contribution < -0.4 is 9.47 Å². The molecule has 0 amide bonds. The Bertz CT molecular complexity index is 1590. The maximum atomic E-state index is 7.52. The molecule has 0 aliphatic rings. The third kappa shape index (κ3) is 20.5. The average molecular weight is 901 g/mol. The Balaban J connectivity index is 1.65. The summed E-state index contributed by atoms with van der Waals surface area (Å²) in [5.41, 5.74) is 1.83. The monoisotopic (exact) mass is 901 g/mol. The number of ether oxygens (including phenoxy) is 4. The molecule has 0 radical (unpaired) electrons. The molecule has 0 aliphatic carbocycles. The van der Waals surface area contributed by atoms with Crippen LogP contribution in [0, 0.1) is 6.57 Å². The van der Waals surface area contributed by atoms with Gasteiger partial charge in [-0.1, -0.05) is 157 Å². The summed E-state index contributed by atoms with van der Waals surface area (Å²) in [5.74, 6) is 1.53. The fourth-order valence-electron chi connectivity index (χ4n) is 8.22. The molecule has 0 heterocycles. The van der Waals surface area contributed by atoms with Crippen LogP contribution in [0.1, 0.15) is 167 Å². The van der Waals surface area contributed by atoms with Crippen LogP contribution in [0.15, 0.2) is 91.0 Å². The number of rotatable bonds is 38. The van der Waals surface area contributed by atoms with Crippen LogP contribution in [0.4, 0.5) is 0 Å². The average Bonchev–Trinajstić information content (AvgIpc) is 3.31. The van der Waals surface area contributed by atoms with E-state index in [0.717, 1.165) is 41.0 Å². The van der Waals surface area contributed by atoms with E-state index in [1.807, 2.05) is 42.5 Å². The van der Waals surface area contributed by atoms with E-state index in [1.165, 1.54) is 103 Å². The summed E-state index contributed by atoms with van der Waals surface area (Å²) in [4.78, 5) is 3.54. The van der Waals surface area contributed by atoms with E-state index in [0.29, 0.717) is 19.8 Å². The summed E-state index contributed by atoms with van der Waals surface area (Å²) in [7, 11) is 1.87. The topological polar surface area (TPSA) is 63.0 Å². The van der Waals surface area contributed by atoms with Crippen LogP contribution in [-0.4, -0.2) is 70.0 Å². The van der Waals surface area contributed by atoms with Crippen LogP contribution >= 0.6 is 8.53 Å². The molecule has 3 rings (SSSR count). The highest BCUT2D eigenvalue weighted by Crippen LogP contribution is 2.47. The van der Waals surface area contributed by atoms with Crippen molar-refractivity contribution in [2.75, 3.05) is 47.2 Å². The number of benzene rings is 3. The molecule has 0 N–H and O–H groups in total. The van der Waals surface area contributed by atoms with Crippen LogP contribution in [-0.2, 0) is 24.1 Å². The van der Waals surface area contributed by atoms with Crippen molar-refractivity contribution in [3.63, 3.8) is 0 Å². The van der Waals surface area contributed by atoms with Crippen molar-refractivity contribution >= 4 is 8.53 Å². The van der Waals surface area contributed by atoms with Gasteiger partial charge in [-0.3, -0.25) is 0 Å². The van der Waals surface area contributed by atoms with Crippen molar-refractivity contribution in [1.29, 1.82) is 0 Å². The van der Waals surface area contributed by atoms with Gasteiger partial charge in [-0.15, -0.1) is 0 Å². The highest BCUT2D eigenvalue weighted by Gasteiger charge is 2.41. The van der Waals surface area contributed by atoms with Crippen molar-refractivity contribution < 1.29 is 28.0 Å². The third-order valence-corrected chi connectivity index (χ3v) is 13.7. The molecule has 2 atom stereocenters. The first-order valence-corrected chi connectivity index (χ1v) is 25.9. The van der Waals surface area contributed by atoms with Gasteiger partial charge in [-0.2, -0.15) is 0 Å². The predicted octanol–water partition coefficient (Wildman–Crippen LogP) is 15.3. The van der Waals surface area contributed by atoms with E-state index in [9.17, 15) is 0 Å². The summed E-state index contributed by atoms with van der Waals surface area (Å²) in [6.45, 7) is 20.1. The number of methoxy groups -OCH3 is 2. The molecule has 64 heavy (non-hydrogen) atoms. The molecule has 356 valence electrons. The first-order valence-electron chi connectivity index (χ1n) is 24.7. The molecule has 2 unspecified atom stereocenters. The fourth-order valence-corrected chi connectivity index (χ4v) is 9.85. The minimum Gasteiger partial charge on any atom is -0.497 e. The smallest absolute Gasteiger partial charge is 0.259 e. The summed E-state index contributed by atoms with van der Waals surface area (Å²) >= 11 is 0. The lowest BCUT2D eigenvalue weighted by Gasteiger charge is -2.40. The van der Waals surface area contributed by atoms with E-state index in [-0.39, 0.29) is 25.2 Å². The van der Waals surface area contributed by atoms with Crippen molar-refractivity contribution in [2.24, 2.45) is 0 Å². The number of allylic oxidation sites excluding steroid dienone is 2. The molecule has 0 fully saturated rings. The van der Waals surface area contributed by atoms with E-state index in [2.05, 4.69) is 92.7 Å². The third-order valence-electron chi connectivity index (χ3n) is 11.6. The summed E-state index contributed by atoms with van der Waals surface area (Å²) in [6, 6.07) is 26.9. The van der Waals surface area contributed by atoms with Gasteiger partial charge in [-0.05, 0) is 101 Å². The molecule has 3 aromatic carbocycles. The molecule has 9 heteroatoms. The quantitative estimate of drug-likeness (QED) is 0.0187. The van der Waals surface area contributed by atoms with Crippen LogP contribution in [0.25, 0.3) is 4.85 Å². The SMILES string of the molecule is [C-]#[N+]CCOP(OCC(COCCCCCCCCCCCC/C=C\CCCCCCCC)OC(c1ccccc1)(c1ccc(OC)cc1)c1ccc(OC)cc1)N(C(C)C)C(C)C. The largest absolute Gasteiger partial charge is 0.497 e. The van der Waals surface area contributed by atoms with Gasteiger partial charge in [0, 0.05) is 18.7 Å². The minimum atomic E-state index is -1.49. The van der Waals surface area contributed by atoms with Crippen LogP contribution in [0.5, 0.6) is 11.5 Å². The van der Waals surface area contributed by atoms with E-state index in [4.69, 9.17) is 34.6 Å². The van der Waals surface area contributed by atoms with Gasteiger partial charge < -0.3 is 32.8 Å². The second-order valence-electron chi connectivity index (χ2n) is 17.5. The summed E-state index contributed by atoms with van der Waals surface area (Å²) in [6.07, 6.45) is 27.8. The molecule has 0 saturated carbocycles. The Morgan fingerprint density at radius 1 is 0.578 bits per heavy atom. The molecule has 8 nitrogen and oxygen atoms in total. The van der Waals surface area contributed by atoms with Gasteiger partial charge in [0.15, 0.2) is 0 Å². The van der Waals surface area contributed by atoms with E-state index < -0.39 is 20.2 Å². The van der Waals surface area contributed by atoms with Crippen molar-refractivity contribution in [3.8, 4) is 11.5 Å². The first kappa shape index (κ1) is 55.1. The van der Waals surface area contributed by atoms with Gasteiger partial charge in [0.25, 0.3) is 8.53 Å². The lowest BCUT2D eigenvalue weighted by atomic mass is 9.79. The Kier molecular flexibility index (Phi) is 29.3. The molecule has 0 aromatic heterocycles. The zero-order valence-corrected chi connectivity index (χ0v) is 41.8. The summed E-state index contributed by atoms with van der Waals surface area (Å²) < 4.78 is 40.6. The lowest BCUT2D eigenvalue weighted by molar-refractivity contribution is -0.0997. The van der Waals surface area contributed by atoms with E-state index in [1.54, 1.807) is 14.2 Å². The highest BCUT2D eigenvalue weighted by molar-refractivity contribution is 7.44. The molecule has 0 bridgehead atoms. The Labute approximate surface area is 391 Å². The number of hydrogen-bond acceptors (Lipinski definition) is 7. The maximum absolute atomic E-state index is 7.52. The maximum Gasteiger partial charge on any atom is 0.259 e. The van der Waals surface area contributed by atoms with Gasteiger partial charge >= 0.3 is 0 Å². The van der Waals surface area contributed by atoms with Crippen molar-refractivity contribution in [2.45, 2.75) is 174 Å². The summed E-state index contributed by atoms with van der Waals surface area (Å²) in [5, 5.41) is 0. The van der Waals surface area contributed by atoms with Crippen molar-refractivity contribution in [3.05, 3.63) is 119 Å². The van der Waals surface area contributed by atoms with Crippen LogP contribution in [0.2, 0.25) is 0 Å². The number of nitrogens with zero attached hydrogens (tertiary/aromatic N) is 2. The number of unbranched alkanes of at least 4 members (excludes halogenated alkanes) is 16. The molecular weight excluding hydrogens is 816 g/mol. The zero-order valence-electron chi connectivity index (χ0n) is 40.9. The predicted molar refractivity (Wildman–Crippen MR) is 268 cm³/mol. The Morgan fingerprint density at radius 2 is 1.05 bits per heavy atom. The normalized spacial score (nSPS) is 13.0. The Hall–Kier alpha value is -3.28. The van der Waals surface area contributed by atoms with E-state index >= 15 is 0 Å². The van der Waals surface area contributed by atoms with Gasteiger partial charge in [0.1, 0.15) is 29.8 Å². The Morgan fingerprint density at radius 3 is 1.52 bits per heavy atom. The lowest BCUT2D eigenvalue weighted by Crippen LogP contribution is -2.41. The molecule has 0 aliphatic heterocycles. The van der Waals surface area contributed by atoms with Gasteiger partial charge in [0.05, 0.1) is 27.4 Å². The highest BCUT2D eigenvalue weighted by atomic mass is 31.2. The first-order chi connectivity index (χ1) is 31.3. The van der Waals surface area contributed by atoms with Crippen molar-refractivity contribution in [1.82, 2.24) is 4.67 Å². The molecule has 0 saturated heterocycles. The fraction of sp³-hybridized carbons (Fsp3) is 0.618. The minimum absolute atomic E-state index is 0.175. The van der Waals surface area contributed by atoms with Crippen LogP contribution in [0.3, 0.4) is 0 Å². The zero-order chi connectivity index (χ0) is 46.1.